The normalized spacial score (nSPS) is 11.6. The summed E-state index contributed by atoms with van der Waals surface area (Å²) in [6.45, 7) is 1.42. The molecule has 0 radical (unpaired) electrons. The zero-order valence-electron chi connectivity index (χ0n) is 19.3. The summed E-state index contributed by atoms with van der Waals surface area (Å²) in [4.78, 5) is 19.0. The lowest BCUT2D eigenvalue weighted by atomic mass is 10.1. The Morgan fingerprint density at radius 3 is 2.80 bits per heavy atom. The van der Waals surface area contributed by atoms with E-state index >= 15 is 0 Å². The molecule has 0 aromatic carbocycles. The lowest BCUT2D eigenvalue weighted by Gasteiger charge is -2.11. The van der Waals surface area contributed by atoms with Gasteiger partial charge in [-0.05, 0) is 50.0 Å². The molecule has 6 rings (SSSR count). The number of hydrogen-bond acceptors (Lipinski definition) is 7. The molecule has 0 bridgehead atoms. The van der Waals surface area contributed by atoms with Crippen LogP contribution in [0.5, 0.6) is 5.75 Å². The molecule has 6 heterocycles. The van der Waals surface area contributed by atoms with Gasteiger partial charge in [0.05, 0.1) is 41.8 Å². The lowest BCUT2D eigenvalue weighted by molar-refractivity contribution is 0.261. The zero-order chi connectivity index (χ0) is 23.8. The molecule has 0 aliphatic rings. The number of rotatable bonds is 7. The second-order valence-electron chi connectivity index (χ2n) is 8.56. The predicted molar refractivity (Wildman–Crippen MR) is 134 cm³/mol. The molecule has 0 spiro atoms. The van der Waals surface area contributed by atoms with Gasteiger partial charge in [-0.15, -0.1) is 0 Å². The molecule has 0 saturated carbocycles. The Morgan fingerprint density at radius 1 is 1.00 bits per heavy atom. The van der Waals surface area contributed by atoms with Gasteiger partial charge in [-0.3, -0.25) is 15.1 Å². The smallest absolute Gasteiger partial charge is 0.138 e. The minimum absolute atomic E-state index is 0.589. The van der Waals surface area contributed by atoms with Crippen LogP contribution in [0.25, 0.3) is 55.7 Å². The summed E-state index contributed by atoms with van der Waals surface area (Å²) in [5.74, 6) is 0.715. The summed E-state index contributed by atoms with van der Waals surface area (Å²) in [6, 6.07) is 9.97. The van der Waals surface area contributed by atoms with Crippen molar-refractivity contribution in [1.82, 2.24) is 35.0 Å². The number of pyridine rings is 3. The van der Waals surface area contributed by atoms with Gasteiger partial charge in [-0.2, -0.15) is 5.10 Å². The van der Waals surface area contributed by atoms with Gasteiger partial charge in [-0.1, -0.05) is 0 Å². The van der Waals surface area contributed by atoms with E-state index in [0.717, 1.165) is 62.3 Å². The molecule has 9 nitrogen and oxygen atoms in total. The molecule has 35 heavy (non-hydrogen) atoms. The number of aromatic nitrogens is 6. The fourth-order valence-electron chi connectivity index (χ4n) is 4.09. The minimum Gasteiger partial charge on any atom is -0.491 e. The quantitative estimate of drug-likeness (QED) is 0.350. The highest BCUT2D eigenvalue weighted by atomic mass is 16.5. The van der Waals surface area contributed by atoms with E-state index < -0.39 is 0 Å². The number of H-pyrrole nitrogens is 2. The monoisotopic (exact) mass is 465 g/mol. The molecule has 9 heteroatoms. The van der Waals surface area contributed by atoms with Crippen molar-refractivity contribution in [3.05, 3.63) is 67.6 Å². The number of likely N-dealkylation sites (N-methyl/N-ethyl adjacent to an activating group) is 1. The summed E-state index contributed by atoms with van der Waals surface area (Å²) < 4.78 is 11.1. The minimum atomic E-state index is 0.589. The average Bonchev–Trinajstić information content (AvgIpc) is 3.62. The largest absolute Gasteiger partial charge is 0.491 e. The van der Waals surface area contributed by atoms with Gasteiger partial charge in [0.1, 0.15) is 23.7 Å². The number of nitrogens with zero attached hydrogens (tertiary/aromatic N) is 5. The molecular formula is C26H23N7O2. The maximum absolute atomic E-state index is 5.85. The molecule has 0 atom stereocenters. The van der Waals surface area contributed by atoms with Gasteiger partial charge in [0, 0.05) is 40.8 Å². The molecule has 0 unspecified atom stereocenters. The first-order valence-electron chi connectivity index (χ1n) is 11.2. The summed E-state index contributed by atoms with van der Waals surface area (Å²) in [6.07, 6.45) is 10.5. The molecule has 0 aliphatic heterocycles. The van der Waals surface area contributed by atoms with Crippen LogP contribution in [0.2, 0.25) is 0 Å². The van der Waals surface area contributed by atoms with Crippen molar-refractivity contribution >= 4 is 21.9 Å². The molecule has 6 aromatic rings. The van der Waals surface area contributed by atoms with Crippen molar-refractivity contribution in [3.63, 3.8) is 0 Å². The third-order valence-corrected chi connectivity index (χ3v) is 5.88. The van der Waals surface area contributed by atoms with E-state index in [0.29, 0.717) is 12.4 Å². The summed E-state index contributed by atoms with van der Waals surface area (Å²) in [7, 11) is 4.03. The van der Waals surface area contributed by atoms with Gasteiger partial charge in [0.25, 0.3) is 0 Å². The Bertz CT molecular complexity index is 1620. The Labute approximate surface area is 200 Å². The Hall–Kier alpha value is -4.50. The van der Waals surface area contributed by atoms with Crippen LogP contribution >= 0.6 is 0 Å². The maximum Gasteiger partial charge on any atom is 0.138 e. The second-order valence-corrected chi connectivity index (χ2v) is 8.56. The molecule has 0 aliphatic carbocycles. The van der Waals surface area contributed by atoms with Crippen molar-refractivity contribution < 1.29 is 9.15 Å². The molecule has 0 fully saturated rings. The fraction of sp³-hybridized carbons (Fsp3) is 0.154. The van der Waals surface area contributed by atoms with Crippen LogP contribution in [0.3, 0.4) is 0 Å². The molecule has 0 saturated heterocycles. The van der Waals surface area contributed by atoms with E-state index in [9.17, 15) is 0 Å². The van der Waals surface area contributed by atoms with Gasteiger partial charge in [0.2, 0.25) is 0 Å². The van der Waals surface area contributed by atoms with Crippen molar-refractivity contribution in [2.75, 3.05) is 27.2 Å². The van der Waals surface area contributed by atoms with Crippen LogP contribution in [0, 0.1) is 0 Å². The van der Waals surface area contributed by atoms with Crippen LogP contribution in [0.1, 0.15) is 0 Å². The van der Waals surface area contributed by atoms with E-state index in [1.54, 1.807) is 37.3 Å². The summed E-state index contributed by atoms with van der Waals surface area (Å²) in [5.41, 5.74) is 7.01. The van der Waals surface area contributed by atoms with E-state index in [-0.39, 0.29) is 0 Å². The summed E-state index contributed by atoms with van der Waals surface area (Å²) >= 11 is 0. The third-order valence-electron chi connectivity index (χ3n) is 5.88. The van der Waals surface area contributed by atoms with Gasteiger partial charge in [-0.25, -0.2) is 4.98 Å². The topological polar surface area (TPSA) is 109 Å². The number of ether oxygens (including phenoxy) is 1. The van der Waals surface area contributed by atoms with Crippen LogP contribution in [-0.4, -0.2) is 62.3 Å². The Balaban J connectivity index is 1.38. The maximum atomic E-state index is 5.85. The standard InChI is InChI=1S/C26H23N7O2/c1-33(2)6-8-35-18-9-17(12-27-13-18)22-11-21-24(14-29-22)31-32-25(21)23-10-20-19(16-4-7-34-15-16)3-5-28-26(20)30-23/h3-5,7,9-15H,6,8H2,1-2H3,(H,28,30)(H,31,32). The first-order valence-corrected chi connectivity index (χ1v) is 11.2. The van der Waals surface area contributed by atoms with E-state index in [1.165, 1.54) is 0 Å². The molecule has 6 aromatic heterocycles. The van der Waals surface area contributed by atoms with Crippen LogP contribution in [0.4, 0.5) is 0 Å². The first-order chi connectivity index (χ1) is 17.2. The molecule has 0 amide bonds. The van der Waals surface area contributed by atoms with Crippen molar-refractivity contribution in [1.29, 1.82) is 0 Å². The molecular weight excluding hydrogens is 442 g/mol. The average molecular weight is 466 g/mol. The first kappa shape index (κ1) is 21.1. The SMILES string of the molecule is CN(C)CCOc1cncc(-c2cc3c(-c4cc5c(-c6ccoc6)ccnc5[nH]4)n[nH]c3cn2)c1. The van der Waals surface area contributed by atoms with E-state index in [2.05, 4.69) is 41.1 Å². The lowest BCUT2D eigenvalue weighted by Crippen LogP contribution is -2.19. The molecule has 174 valence electrons. The number of aromatic amines is 2. The Kier molecular flexibility index (Phi) is 5.23. The number of furan rings is 1. The van der Waals surface area contributed by atoms with Gasteiger partial charge < -0.3 is 19.0 Å². The molecule has 2 N–H and O–H groups in total. The van der Waals surface area contributed by atoms with Crippen molar-refractivity contribution in [2.45, 2.75) is 0 Å². The van der Waals surface area contributed by atoms with E-state index in [1.807, 2.05) is 38.4 Å². The third kappa shape index (κ3) is 4.02. The number of nitrogens with one attached hydrogen (secondary N) is 2. The van der Waals surface area contributed by atoms with Gasteiger partial charge in [0.15, 0.2) is 0 Å². The zero-order valence-corrected chi connectivity index (χ0v) is 19.3. The van der Waals surface area contributed by atoms with Crippen molar-refractivity contribution in [2.24, 2.45) is 0 Å². The van der Waals surface area contributed by atoms with Gasteiger partial charge >= 0.3 is 0 Å². The van der Waals surface area contributed by atoms with Crippen LogP contribution in [0.15, 0.2) is 72.1 Å². The van der Waals surface area contributed by atoms with Crippen LogP contribution < -0.4 is 4.74 Å². The number of hydrogen-bond donors (Lipinski definition) is 2. The Morgan fingerprint density at radius 2 is 1.94 bits per heavy atom. The highest BCUT2D eigenvalue weighted by molar-refractivity contribution is 6.00. The van der Waals surface area contributed by atoms with E-state index in [4.69, 9.17) is 9.15 Å². The predicted octanol–water partition coefficient (Wildman–Crippen LogP) is 4.76. The van der Waals surface area contributed by atoms with Crippen LogP contribution in [-0.2, 0) is 0 Å². The van der Waals surface area contributed by atoms with Crippen molar-refractivity contribution in [3.8, 4) is 39.5 Å². The summed E-state index contributed by atoms with van der Waals surface area (Å²) in [5, 5.41) is 9.61. The second kappa shape index (κ2) is 8.69. The highest BCUT2D eigenvalue weighted by Gasteiger charge is 2.16. The number of fused-ring (bicyclic) bond motifs is 2. The highest BCUT2D eigenvalue weighted by Crippen LogP contribution is 2.34. The fourth-order valence-corrected chi connectivity index (χ4v) is 4.09.